The van der Waals surface area contributed by atoms with E-state index >= 15 is 0 Å². The highest BCUT2D eigenvalue weighted by Gasteiger charge is 2.31. The number of pyridine rings is 1. The first-order valence-electron chi connectivity index (χ1n) is 11.8. The topological polar surface area (TPSA) is 104 Å². The Kier molecular flexibility index (Phi) is 5.91. The molecule has 0 bridgehead atoms. The summed E-state index contributed by atoms with van der Waals surface area (Å²) in [5, 5.41) is 20.7. The minimum absolute atomic E-state index is 0.125. The summed E-state index contributed by atoms with van der Waals surface area (Å²) in [6, 6.07) is 14.4. The largest absolute Gasteiger partial charge is 0.444 e. The highest BCUT2D eigenvalue weighted by atomic mass is 16.6. The van der Waals surface area contributed by atoms with Gasteiger partial charge < -0.3 is 20.5 Å². The third-order valence-electron chi connectivity index (χ3n) is 6.04. The second-order valence-electron chi connectivity index (χ2n) is 10.3. The number of ether oxygens (including phenoxy) is 1. The van der Waals surface area contributed by atoms with Crippen molar-refractivity contribution in [2.75, 3.05) is 18.4 Å². The van der Waals surface area contributed by atoms with Crippen LogP contribution >= 0.6 is 0 Å². The van der Waals surface area contributed by atoms with Crippen molar-refractivity contribution < 1.29 is 14.6 Å². The molecule has 1 atom stereocenters. The maximum absolute atomic E-state index is 11.9. The molecule has 1 saturated carbocycles. The van der Waals surface area contributed by atoms with E-state index < -0.39 is 11.8 Å². The second-order valence-corrected chi connectivity index (χ2v) is 10.3. The zero-order valence-electron chi connectivity index (χ0n) is 19.9. The van der Waals surface area contributed by atoms with Crippen molar-refractivity contribution >= 4 is 17.7 Å². The number of anilines is 1. The van der Waals surface area contributed by atoms with E-state index in [1.54, 1.807) is 4.52 Å². The molecule has 1 aliphatic heterocycles. The third kappa shape index (κ3) is 5.31. The first-order valence-corrected chi connectivity index (χ1v) is 11.8. The van der Waals surface area contributed by atoms with Crippen molar-refractivity contribution in [3.8, 4) is 11.3 Å². The first kappa shape index (κ1) is 22.6. The molecular formula is C25H32N6O3. The number of carbonyl (C=O) groups is 1. The molecule has 1 aromatic carbocycles. The van der Waals surface area contributed by atoms with Crippen LogP contribution in [0, 0.1) is 5.92 Å². The molecule has 9 nitrogen and oxygen atoms in total. The van der Waals surface area contributed by atoms with E-state index in [9.17, 15) is 9.90 Å². The SMILES string of the molecule is CC(C)(C)OC(=O)NC1CN(Cc2ccc(-c3cccc4nc(NC(O)C5CC5)nn34)cc2)C1. The van der Waals surface area contributed by atoms with Crippen LogP contribution in [0.2, 0.25) is 0 Å². The number of aromatic nitrogens is 3. The van der Waals surface area contributed by atoms with Gasteiger partial charge in [-0.15, -0.1) is 5.10 Å². The monoisotopic (exact) mass is 464 g/mol. The lowest BCUT2D eigenvalue weighted by molar-refractivity contribution is 0.0392. The molecule has 5 rings (SSSR count). The quantitative estimate of drug-likeness (QED) is 0.461. The Hall–Kier alpha value is -3.17. The Morgan fingerprint density at radius 3 is 2.59 bits per heavy atom. The molecule has 1 unspecified atom stereocenters. The Balaban J connectivity index is 1.19. The summed E-state index contributed by atoms with van der Waals surface area (Å²) in [4.78, 5) is 18.7. The smallest absolute Gasteiger partial charge is 0.407 e. The normalized spacial score (nSPS) is 17.9. The van der Waals surface area contributed by atoms with Crippen LogP contribution in [0.5, 0.6) is 0 Å². The summed E-state index contributed by atoms with van der Waals surface area (Å²) in [7, 11) is 0. The number of aliphatic hydroxyl groups is 1. The fourth-order valence-corrected chi connectivity index (χ4v) is 4.15. The average molecular weight is 465 g/mol. The molecule has 0 radical (unpaired) electrons. The highest BCUT2D eigenvalue weighted by Crippen LogP contribution is 2.32. The molecule has 2 fully saturated rings. The molecule has 3 N–H and O–H groups in total. The van der Waals surface area contributed by atoms with Crippen LogP contribution in [-0.4, -0.2) is 61.7 Å². The maximum atomic E-state index is 11.9. The van der Waals surface area contributed by atoms with Crippen LogP contribution in [-0.2, 0) is 11.3 Å². The zero-order chi connectivity index (χ0) is 23.9. The van der Waals surface area contributed by atoms with Gasteiger partial charge in [-0.25, -0.2) is 9.31 Å². The van der Waals surface area contributed by atoms with Crippen LogP contribution in [0.25, 0.3) is 16.9 Å². The maximum Gasteiger partial charge on any atom is 0.407 e. The predicted molar refractivity (Wildman–Crippen MR) is 129 cm³/mol. The number of likely N-dealkylation sites (tertiary alicyclic amines) is 1. The van der Waals surface area contributed by atoms with Crippen LogP contribution in [0.1, 0.15) is 39.2 Å². The number of rotatable bonds is 7. The molecule has 3 aromatic rings. The molecule has 2 aliphatic rings. The van der Waals surface area contributed by atoms with Gasteiger partial charge >= 0.3 is 6.09 Å². The van der Waals surface area contributed by atoms with E-state index in [2.05, 4.69) is 49.9 Å². The number of aliphatic hydroxyl groups excluding tert-OH is 1. The van der Waals surface area contributed by atoms with Gasteiger partial charge in [0.15, 0.2) is 5.65 Å². The number of nitrogens with zero attached hydrogens (tertiary/aromatic N) is 4. The van der Waals surface area contributed by atoms with Crippen LogP contribution in [0.3, 0.4) is 0 Å². The molecule has 9 heteroatoms. The van der Waals surface area contributed by atoms with Gasteiger partial charge in [0.1, 0.15) is 11.8 Å². The number of hydrogen-bond donors (Lipinski definition) is 3. The Morgan fingerprint density at radius 2 is 1.91 bits per heavy atom. The lowest BCUT2D eigenvalue weighted by atomic mass is 10.0. The van der Waals surface area contributed by atoms with Gasteiger partial charge in [-0.2, -0.15) is 4.98 Å². The number of carbonyl (C=O) groups excluding carboxylic acids is 1. The van der Waals surface area contributed by atoms with Crippen LogP contribution in [0.15, 0.2) is 42.5 Å². The molecule has 1 amide bonds. The second kappa shape index (κ2) is 8.88. The Morgan fingerprint density at radius 1 is 1.18 bits per heavy atom. The first-order chi connectivity index (χ1) is 16.2. The van der Waals surface area contributed by atoms with Crippen LogP contribution in [0.4, 0.5) is 10.7 Å². The van der Waals surface area contributed by atoms with Crippen molar-refractivity contribution in [1.29, 1.82) is 0 Å². The minimum atomic E-state index is -0.597. The molecule has 2 aromatic heterocycles. The molecule has 1 aliphatic carbocycles. The molecule has 180 valence electrons. The fourth-order valence-electron chi connectivity index (χ4n) is 4.15. The predicted octanol–water partition coefficient (Wildman–Crippen LogP) is 3.25. The molecule has 3 heterocycles. The number of alkyl carbamates (subject to hydrolysis) is 1. The van der Waals surface area contributed by atoms with Gasteiger partial charge in [-0.3, -0.25) is 4.90 Å². The van der Waals surface area contributed by atoms with E-state index in [4.69, 9.17) is 4.74 Å². The summed E-state index contributed by atoms with van der Waals surface area (Å²) >= 11 is 0. The Labute approximate surface area is 199 Å². The Bertz CT molecular complexity index is 1160. The summed E-state index contributed by atoms with van der Waals surface area (Å²) in [6.45, 7) is 8.03. The van der Waals surface area contributed by atoms with Crippen molar-refractivity contribution in [3.63, 3.8) is 0 Å². The van der Waals surface area contributed by atoms with Crippen molar-refractivity contribution in [2.45, 2.75) is 58.0 Å². The molecule has 34 heavy (non-hydrogen) atoms. The highest BCUT2D eigenvalue weighted by molar-refractivity contribution is 5.68. The number of benzene rings is 1. The van der Waals surface area contributed by atoms with Gasteiger partial charge in [0.05, 0.1) is 11.7 Å². The lowest BCUT2D eigenvalue weighted by Crippen LogP contribution is -2.59. The number of amides is 1. The number of nitrogens with one attached hydrogen (secondary N) is 2. The summed E-state index contributed by atoms with van der Waals surface area (Å²) < 4.78 is 7.13. The third-order valence-corrected chi connectivity index (χ3v) is 6.04. The number of hydrogen-bond acceptors (Lipinski definition) is 7. The zero-order valence-corrected chi connectivity index (χ0v) is 19.9. The summed E-state index contributed by atoms with van der Waals surface area (Å²) in [5.74, 6) is 0.740. The summed E-state index contributed by atoms with van der Waals surface area (Å²) in [5.41, 5.74) is 3.44. The van der Waals surface area contributed by atoms with E-state index in [-0.39, 0.29) is 12.1 Å². The standard InChI is InChI=1S/C25H32N6O3/c1-25(2,3)34-24(33)26-19-14-30(15-19)13-16-7-9-17(10-8-16)20-5-4-6-21-27-23(29-31(20)21)28-22(32)18-11-12-18/h4-10,18-19,22,32H,11-15H2,1-3H3,(H,26,33)(H,28,29). The average Bonchev–Trinajstić information content (AvgIpc) is 3.51. The van der Waals surface area contributed by atoms with Crippen molar-refractivity contribution in [2.24, 2.45) is 5.92 Å². The van der Waals surface area contributed by atoms with Gasteiger partial charge in [-0.05, 0) is 51.3 Å². The van der Waals surface area contributed by atoms with E-state index in [1.165, 1.54) is 5.56 Å². The van der Waals surface area contributed by atoms with E-state index in [0.717, 1.165) is 49.4 Å². The van der Waals surface area contributed by atoms with E-state index in [0.29, 0.717) is 11.9 Å². The molecule has 1 saturated heterocycles. The van der Waals surface area contributed by atoms with E-state index in [1.807, 2.05) is 39.0 Å². The van der Waals surface area contributed by atoms with Crippen molar-refractivity contribution in [3.05, 3.63) is 48.0 Å². The minimum Gasteiger partial charge on any atom is -0.444 e. The molecule has 0 spiro atoms. The van der Waals surface area contributed by atoms with Gasteiger partial charge in [0.25, 0.3) is 0 Å². The summed E-state index contributed by atoms with van der Waals surface area (Å²) in [6.07, 6.45) is 1.12. The van der Waals surface area contributed by atoms with Gasteiger partial charge in [-0.1, -0.05) is 30.3 Å². The fraction of sp³-hybridized carbons (Fsp3) is 0.480. The molecular weight excluding hydrogens is 432 g/mol. The van der Waals surface area contributed by atoms with Crippen LogP contribution < -0.4 is 10.6 Å². The van der Waals surface area contributed by atoms with Crippen molar-refractivity contribution in [1.82, 2.24) is 24.8 Å². The van der Waals surface area contributed by atoms with Gasteiger partial charge in [0.2, 0.25) is 5.95 Å². The lowest BCUT2D eigenvalue weighted by Gasteiger charge is -2.39. The number of fused-ring (bicyclic) bond motifs is 1. The van der Waals surface area contributed by atoms with Gasteiger partial charge in [0, 0.05) is 31.1 Å².